The van der Waals surface area contributed by atoms with Gasteiger partial charge in [-0.15, -0.1) is 0 Å². The number of carbonyl (C=O) groups excluding carboxylic acids is 1. The van der Waals surface area contributed by atoms with Gasteiger partial charge in [-0.2, -0.15) is 0 Å². The van der Waals surface area contributed by atoms with Crippen LogP contribution in [0.5, 0.6) is 0 Å². The van der Waals surface area contributed by atoms with Gasteiger partial charge >= 0.3 is 5.97 Å². The summed E-state index contributed by atoms with van der Waals surface area (Å²) in [6, 6.07) is 0. The molecule has 2 nitrogen and oxygen atoms in total. The van der Waals surface area contributed by atoms with Gasteiger partial charge in [-0.25, -0.2) is 4.79 Å². The molecule has 4 aliphatic carbocycles. The second-order valence-corrected chi connectivity index (χ2v) is 7.55. The molecule has 4 rings (SSSR count). The van der Waals surface area contributed by atoms with Crippen LogP contribution >= 0.6 is 0 Å². The van der Waals surface area contributed by atoms with Crippen molar-refractivity contribution in [3.8, 4) is 0 Å². The first-order valence-corrected chi connectivity index (χ1v) is 8.44. The molecule has 112 valence electrons. The van der Waals surface area contributed by atoms with Crippen LogP contribution in [0.15, 0.2) is 12.7 Å². The van der Waals surface area contributed by atoms with Gasteiger partial charge in [0.15, 0.2) is 0 Å². The van der Waals surface area contributed by atoms with E-state index in [2.05, 4.69) is 13.5 Å². The van der Waals surface area contributed by atoms with Gasteiger partial charge in [0.1, 0.15) is 0 Å². The van der Waals surface area contributed by atoms with E-state index < -0.39 is 0 Å². The summed E-state index contributed by atoms with van der Waals surface area (Å²) in [6.07, 6.45) is 12.4. The molecule has 0 aromatic heterocycles. The van der Waals surface area contributed by atoms with E-state index in [1.54, 1.807) is 0 Å². The molecule has 0 heterocycles. The molecular weight excluding hydrogens is 248 g/mol. The van der Waals surface area contributed by atoms with Gasteiger partial charge in [-0.1, -0.05) is 19.9 Å². The molecular formula is C18H28O2. The zero-order valence-corrected chi connectivity index (χ0v) is 12.8. The third-order valence-electron chi connectivity index (χ3n) is 6.32. The second kappa shape index (κ2) is 5.54. The summed E-state index contributed by atoms with van der Waals surface area (Å²) in [7, 11) is 0. The van der Waals surface area contributed by atoms with E-state index in [0.29, 0.717) is 12.0 Å². The molecule has 0 aromatic carbocycles. The highest BCUT2D eigenvalue weighted by Crippen LogP contribution is 2.63. The van der Waals surface area contributed by atoms with Crippen LogP contribution in [0.1, 0.15) is 58.3 Å². The highest BCUT2D eigenvalue weighted by Gasteiger charge is 2.53. The number of hydrogen-bond acceptors (Lipinski definition) is 2. The highest BCUT2D eigenvalue weighted by molar-refractivity contribution is 5.81. The number of esters is 1. The summed E-state index contributed by atoms with van der Waals surface area (Å²) >= 11 is 0. The third kappa shape index (κ3) is 2.54. The number of hydrogen-bond donors (Lipinski definition) is 0. The Labute approximate surface area is 123 Å². The molecule has 0 spiro atoms. The number of ether oxygens (including phenoxy) is 1. The first kappa shape index (κ1) is 14.2. The molecule has 4 bridgehead atoms. The maximum absolute atomic E-state index is 11.2. The van der Waals surface area contributed by atoms with E-state index in [-0.39, 0.29) is 5.97 Å². The molecule has 4 aliphatic rings. The summed E-state index contributed by atoms with van der Waals surface area (Å²) in [5.41, 5.74) is 0.587. The van der Waals surface area contributed by atoms with Crippen LogP contribution in [-0.2, 0) is 9.53 Å². The Morgan fingerprint density at radius 3 is 2.25 bits per heavy atom. The van der Waals surface area contributed by atoms with Crippen LogP contribution < -0.4 is 0 Å². The smallest absolute Gasteiger partial charge is 0.330 e. The number of rotatable bonds is 6. The Bertz CT molecular complexity index is 350. The van der Waals surface area contributed by atoms with Crippen molar-refractivity contribution in [3.63, 3.8) is 0 Å². The average Bonchev–Trinajstić information content (AvgIpc) is 2.41. The van der Waals surface area contributed by atoms with Crippen LogP contribution in [0.3, 0.4) is 0 Å². The fourth-order valence-corrected chi connectivity index (χ4v) is 5.98. The third-order valence-corrected chi connectivity index (χ3v) is 6.32. The molecule has 0 radical (unpaired) electrons. The molecule has 0 amide bonds. The Morgan fingerprint density at radius 2 is 1.80 bits per heavy atom. The predicted octanol–water partition coefficient (Wildman–Crippen LogP) is 4.35. The SMILES string of the molecule is C=CC(=O)OCCC(CC)C12CC3CC(CC(C3)C1)C2. The van der Waals surface area contributed by atoms with Gasteiger partial charge in [0.2, 0.25) is 0 Å². The molecule has 4 saturated carbocycles. The minimum Gasteiger partial charge on any atom is -0.463 e. The molecule has 1 atom stereocenters. The molecule has 0 N–H and O–H groups in total. The standard InChI is InChI=1S/C18H28O2/c1-3-16(5-6-20-17(19)4-2)18-10-13-7-14(11-18)9-15(8-13)12-18/h4,13-16H,2-3,5-12H2,1H3. The molecule has 4 fully saturated rings. The Kier molecular flexibility index (Phi) is 3.92. The molecule has 0 aromatic rings. The molecule has 0 aliphatic heterocycles. The predicted molar refractivity (Wildman–Crippen MR) is 80.2 cm³/mol. The van der Waals surface area contributed by atoms with Crippen molar-refractivity contribution in [3.05, 3.63) is 12.7 Å². The first-order valence-electron chi connectivity index (χ1n) is 8.44. The lowest BCUT2D eigenvalue weighted by Gasteiger charge is -2.59. The van der Waals surface area contributed by atoms with Crippen molar-refractivity contribution in [2.75, 3.05) is 6.61 Å². The second-order valence-electron chi connectivity index (χ2n) is 7.55. The van der Waals surface area contributed by atoms with Crippen molar-refractivity contribution in [1.82, 2.24) is 0 Å². The van der Waals surface area contributed by atoms with Crippen LogP contribution in [-0.4, -0.2) is 12.6 Å². The Morgan fingerprint density at radius 1 is 1.25 bits per heavy atom. The maximum atomic E-state index is 11.2. The van der Waals surface area contributed by atoms with Gasteiger partial charge in [0.25, 0.3) is 0 Å². The lowest BCUT2D eigenvalue weighted by Crippen LogP contribution is -2.49. The molecule has 0 saturated heterocycles. The van der Waals surface area contributed by atoms with E-state index in [9.17, 15) is 4.79 Å². The molecule has 20 heavy (non-hydrogen) atoms. The zero-order chi connectivity index (χ0) is 14.2. The fourth-order valence-electron chi connectivity index (χ4n) is 5.98. The number of carbonyl (C=O) groups is 1. The minimum atomic E-state index is -0.273. The average molecular weight is 276 g/mol. The van der Waals surface area contributed by atoms with Crippen LogP contribution in [0.2, 0.25) is 0 Å². The van der Waals surface area contributed by atoms with Crippen LogP contribution in [0, 0.1) is 29.1 Å². The van der Waals surface area contributed by atoms with Gasteiger partial charge in [-0.05, 0) is 74.0 Å². The van der Waals surface area contributed by atoms with E-state index in [4.69, 9.17) is 4.74 Å². The van der Waals surface area contributed by atoms with Crippen molar-refractivity contribution >= 4 is 5.97 Å². The summed E-state index contributed by atoms with van der Waals surface area (Å²) in [6.45, 7) is 6.35. The highest BCUT2D eigenvalue weighted by atomic mass is 16.5. The van der Waals surface area contributed by atoms with Gasteiger partial charge in [-0.3, -0.25) is 0 Å². The lowest BCUT2D eigenvalue weighted by molar-refractivity contribution is -0.139. The lowest BCUT2D eigenvalue weighted by atomic mass is 9.46. The first-order chi connectivity index (χ1) is 9.65. The topological polar surface area (TPSA) is 26.3 Å². The van der Waals surface area contributed by atoms with Crippen molar-refractivity contribution in [1.29, 1.82) is 0 Å². The summed E-state index contributed by atoms with van der Waals surface area (Å²) in [5, 5.41) is 0. The Hall–Kier alpha value is -0.790. The Balaban J connectivity index is 1.63. The van der Waals surface area contributed by atoms with E-state index >= 15 is 0 Å². The van der Waals surface area contributed by atoms with E-state index in [1.807, 2.05) is 0 Å². The monoisotopic (exact) mass is 276 g/mol. The molecule has 1 unspecified atom stereocenters. The van der Waals surface area contributed by atoms with Crippen molar-refractivity contribution in [2.45, 2.75) is 58.3 Å². The summed E-state index contributed by atoms with van der Waals surface area (Å²) in [4.78, 5) is 11.2. The van der Waals surface area contributed by atoms with Crippen LogP contribution in [0.25, 0.3) is 0 Å². The van der Waals surface area contributed by atoms with Crippen molar-refractivity contribution in [2.24, 2.45) is 29.1 Å². The van der Waals surface area contributed by atoms with Crippen molar-refractivity contribution < 1.29 is 9.53 Å². The van der Waals surface area contributed by atoms with Crippen LogP contribution in [0.4, 0.5) is 0 Å². The largest absolute Gasteiger partial charge is 0.463 e. The summed E-state index contributed by atoms with van der Waals surface area (Å²) < 4.78 is 5.23. The van der Waals surface area contributed by atoms with Gasteiger partial charge in [0.05, 0.1) is 6.61 Å². The van der Waals surface area contributed by atoms with E-state index in [0.717, 1.165) is 30.1 Å². The minimum absolute atomic E-state index is 0.273. The molecule has 2 heteroatoms. The van der Waals surface area contributed by atoms with Gasteiger partial charge < -0.3 is 4.74 Å². The maximum Gasteiger partial charge on any atom is 0.330 e. The van der Waals surface area contributed by atoms with E-state index in [1.165, 1.54) is 51.0 Å². The zero-order valence-electron chi connectivity index (χ0n) is 12.8. The summed E-state index contributed by atoms with van der Waals surface area (Å²) in [5.74, 6) is 3.49. The van der Waals surface area contributed by atoms with Gasteiger partial charge in [0, 0.05) is 6.08 Å². The normalized spacial score (nSPS) is 39.5. The fraction of sp³-hybridized carbons (Fsp3) is 0.833. The quantitative estimate of drug-likeness (QED) is 0.532.